The number of esters is 1. The highest BCUT2D eigenvalue weighted by atomic mass is 16.5. The predicted octanol–water partition coefficient (Wildman–Crippen LogP) is 3.42. The number of benzene rings is 2. The Morgan fingerprint density at radius 2 is 1.59 bits per heavy atom. The molecule has 1 aliphatic rings. The maximum Gasteiger partial charge on any atom is 0.338 e. The van der Waals surface area contributed by atoms with Crippen molar-refractivity contribution in [1.29, 1.82) is 0 Å². The van der Waals surface area contributed by atoms with Crippen LogP contribution in [-0.4, -0.2) is 32.3 Å². The molecule has 0 saturated heterocycles. The van der Waals surface area contributed by atoms with Gasteiger partial charge in [0, 0.05) is 0 Å². The van der Waals surface area contributed by atoms with Crippen molar-refractivity contribution in [2.45, 2.75) is 26.0 Å². The molecule has 152 valence electrons. The number of hydrogen-bond donors (Lipinski definition) is 2. The second-order valence-corrected chi connectivity index (χ2v) is 6.78. The lowest BCUT2D eigenvalue weighted by molar-refractivity contribution is -0.136. The molecule has 7 nitrogen and oxygen atoms in total. The van der Waals surface area contributed by atoms with Gasteiger partial charge in [-0.1, -0.05) is 12.1 Å². The molecule has 29 heavy (non-hydrogen) atoms. The molecule has 1 aliphatic heterocycles. The molecular formula is C22H24N2O5. The summed E-state index contributed by atoms with van der Waals surface area (Å²) in [4.78, 5) is 25.0. The predicted molar refractivity (Wildman–Crippen MR) is 109 cm³/mol. The van der Waals surface area contributed by atoms with E-state index in [1.165, 1.54) is 7.11 Å². The summed E-state index contributed by atoms with van der Waals surface area (Å²) in [6.07, 6.45) is 0.0478. The minimum Gasteiger partial charge on any atom is -0.497 e. The molecule has 0 spiro atoms. The van der Waals surface area contributed by atoms with Crippen LogP contribution in [0.15, 0.2) is 54.1 Å². The summed E-state index contributed by atoms with van der Waals surface area (Å²) in [5, 5.41) is 5.54. The Morgan fingerprint density at radius 1 is 0.966 bits per heavy atom. The summed E-state index contributed by atoms with van der Waals surface area (Å²) in [6, 6.07) is 13.3. The Balaban J connectivity index is 2.06. The van der Waals surface area contributed by atoms with Gasteiger partial charge in [0.15, 0.2) is 0 Å². The van der Waals surface area contributed by atoms with E-state index in [0.29, 0.717) is 28.3 Å². The lowest BCUT2D eigenvalue weighted by Crippen LogP contribution is -2.45. The van der Waals surface area contributed by atoms with Crippen LogP contribution >= 0.6 is 0 Å². The van der Waals surface area contributed by atoms with Crippen molar-refractivity contribution in [2.24, 2.45) is 0 Å². The van der Waals surface area contributed by atoms with E-state index in [-0.39, 0.29) is 6.10 Å². The first kappa shape index (κ1) is 20.3. The molecule has 0 radical (unpaired) electrons. The van der Waals surface area contributed by atoms with Gasteiger partial charge < -0.3 is 24.8 Å². The summed E-state index contributed by atoms with van der Waals surface area (Å²) in [7, 11) is 2.89. The molecular weight excluding hydrogens is 372 g/mol. The minimum atomic E-state index is -0.665. The average Bonchev–Trinajstić information content (AvgIpc) is 2.72. The number of amides is 2. The van der Waals surface area contributed by atoms with Crippen molar-refractivity contribution < 1.29 is 23.8 Å². The van der Waals surface area contributed by atoms with Gasteiger partial charge in [0.05, 0.1) is 37.6 Å². The second kappa shape index (κ2) is 8.68. The van der Waals surface area contributed by atoms with Crippen molar-refractivity contribution in [3.05, 3.63) is 65.2 Å². The smallest absolute Gasteiger partial charge is 0.338 e. The molecule has 2 N–H and O–H groups in total. The first-order valence-electron chi connectivity index (χ1n) is 9.24. The maximum atomic E-state index is 12.7. The van der Waals surface area contributed by atoms with Gasteiger partial charge >= 0.3 is 12.0 Å². The largest absolute Gasteiger partial charge is 0.497 e. The molecule has 0 saturated carbocycles. The lowest BCUT2D eigenvalue weighted by atomic mass is 9.92. The monoisotopic (exact) mass is 396 g/mol. The third-order valence-electron chi connectivity index (χ3n) is 4.44. The number of nitrogens with one attached hydrogen (secondary N) is 2. The van der Waals surface area contributed by atoms with Gasteiger partial charge in [-0.3, -0.25) is 0 Å². The van der Waals surface area contributed by atoms with Crippen LogP contribution in [0, 0.1) is 0 Å². The molecule has 2 aromatic carbocycles. The van der Waals surface area contributed by atoms with Gasteiger partial charge in [0.25, 0.3) is 0 Å². The van der Waals surface area contributed by atoms with E-state index in [1.807, 2.05) is 38.1 Å². The summed E-state index contributed by atoms with van der Waals surface area (Å²) in [5.74, 6) is 0.852. The van der Waals surface area contributed by atoms with E-state index in [0.717, 1.165) is 5.56 Å². The molecule has 1 atom stereocenters. The van der Waals surface area contributed by atoms with Gasteiger partial charge in [-0.15, -0.1) is 0 Å². The van der Waals surface area contributed by atoms with Crippen molar-refractivity contribution in [1.82, 2.24) is 10.6 Å². The van der Waals surface area contributed by atoms with E-state index >= 15 is 0 Å². The van der Waals surface area contributed by atoms with Crippen molar-refractivity contribution in [3.8, 4) is 11.5 Å². The van der Waals surface area contributed by atoms with Crippen LogP contribution in [-0.2, 0) is 9.53 Å². The normalized spacial score (nSPS) is 16.2. The molecule has 0 bridgehead atoms. The molecule has 1 heterocycles. The Morgan fingerprint density at radius 3 is 2.14 bits per heavy atom. The number of carbonyl (C=O) groups is 2. The zero-order valence-corrected chi connectivity index (χ0v) is 16.8. The van der Waals surface area contributed by atoms with Crippen LogP contribution in [0.25, 0.3) is 5.70 Å². The number of methoxy groups -OCH3 is 2. The third kappa shape index (κ3) is 4.51. The van der Waals surface area contributed by atoms with Crippen LogP contribution in [0.3, 0.4) is 0 Å². The van der Waals surface area contributed by atoms with Crippen LogP contribution in [0.1, 0.15) is 31.0 Å². The van der Waals surface area contributed by atoms with Gasteiger partial charge in [0.1, 0.15) is 11.5 Å². The highest BCUT2D eigenvalue weighted by molar-refractivity contribution is 6.04. The van der Waals surface area contributed by atoms with Crippen LogP contribution < -0.4 is 20.1 Å². The van der Waals surface area contributed by atoms with Gasteiger partial charge in [-0.2, -0.15) is 0 Å². The number of urea groups is 1. The second-order valence-electron chi connectivity index (χ2n) is 6.78. The summed E-state index contributed by atoms with van der Waals surface area (Å²) < 4.78 is 15.9. The molecule has 1 unspecified atom stereocenters. The number of carbonyl (C=O) groups excluding carboxylic acids is 2. The Hall–Kier alpha value is -3.48. The quantitative estimate of drug-likeness (QED) is 0.731. The average molecular weight is 396 g/mol. The van der Waals surface area contributed by atoms with E-state index in [2.05, 4.69) is 10.6 Å². The molecule has 0 aromatic heterocycles. The third-order valence-corrected chi connectivity index (χ3v) is 4.44. The highest BCUT2D eigenvalue weighted by Gasteiger charge is 2.34. The van der Waals surface area contributed by atoms with E-state index in [9.17, 15) is 9.59 Å². The topological polar surface area (TPSA) is 85.9 Å². The molecule has 2 amide bonds. The SMILES string of the molecule is COC(=O)C1=C(c2ccc(OC)cc2)NC(=O)NC1c1ccc(OC(C)C)cc1. The van der Waals surface area contributed by atoms with Crippen LogP contribution in [0.4, 0.5) is 4.79 Å². The maximum absolute atomic E-state index is 12.7. The van der Waals surface area contributed by atoms with E-state index in [4.69, 9.17) is 14.2 Å². The van der Waals surface area contributed by atoms with Crippen LogP contribution in [0.2, 0.25) is 0 Å². The minimum absolute atomic E-state index is 0.0478. The van der Waals surface area contributed by atoms with E-state index < -0.39 is 18.0 Å². The first-order valence-corrected chi connectivity index (χ1v) is 9.24. The molecule has 7 heteroatoms. The van der Waals surface area contributed by atoms with Crippen molar-refractivity contribution in [3.63, 3.8) is 0 Å². The van der Waals surface area contributed by atoms with Crippen molar-refractivity contribution >= 4 is 17.7 Å². The van der Waals surface area contributed by atoms with Gasteiger partial charge in [-0.05, 0) is 61.4 Å². The first-order chi connectivity index (χ1) is 13.9. The fraction of sp³-hybridized carbons (Fsp3) is 0.273. The zero-order chi connectivity index (χ0) is 21.0. The number of rotatable bonds is 6. The summed E-state index contributed by atoms with van der Waals surface area (Å²) in [6.45, 7) is 3.89. The van der Waals surface area contributed by atoms with Crippen LogP contribution in [0.5, 0.6) is 11.5 Å². The number of ether oxygens (including phenoxy) is 3. The van der Waals surface area contributed by atoms with E-state index in [1.54, 1.807) is 31.4 Å². The molecule has 3 rings (SSSR count). The lowest BCUT2D eigenvalue weighted by Gasteiger charge is -2.29. The summed E-state index contributed by atoms with van der Waals surface area (Å²) in [5.41, 5.74) is 2.12. The molecule has 0 aliphatic carbocycles. The fourth-order valence-electron chi connectivity index (χ4n) is 3.14. The molecule has 2 aromatic rings. The highest BCUT2D eigenvalue weighted by Crippen LogP contribution is 2.33. The molecule has 0 fully saturated rings. The number of hydrogen-bond acceptors (Lipinski definition) is 5. The van der Waals surface area contributed by atoms with Gasteiger partial charge in [-0.25, -0.2) is 9.59 Å². The standard InChI is InChI=1S/C22H24N2O5/c1-13(2)29-17-11-7-15(8-12-17)20-18(21(25)28-4)19(23-22(26)24-20)14-5-9-16(27-3)10-6-14/h5-13,20H,1-4H3,(H2,23,24,26). The summed E-state index contributed by atoms with van der Waals surface area (Å²) >= 11 is 0. The van der Waals surface area contributed by atoms with Crippen molar-refractivity contribution in [2.75, 3.05) is 14.2 Å². The Kier molecular flexibility index (Phi) is 6.07. The Bertz CT molecular complexity index is 917. The zero-order valence-electron chi connectivity index (χ0n) is 16.8. The van der Waals surface area contributed by atoms with Gasteiger partial charge in [0.2, 0.25) is 0 Å². The Labute approximate surface area is 169 Å². The fourth-order valence-corrected chi connectivity index (χ4v) is 3.14.